The molecule has 0 spiro atoms. The Labute approximate surface area is 156 Å². The van der Waals surface area contributed by atoms with E-state index in [1.807, 2.05) is 24.3 Å². The van der Waals surface area contributed by atoms with Gasteiger partial charge in [0.25, 0.3) is 0 Å². The van der Waals surface area contributed by atoms with Gasteiger partial charge in [-0.25, -0.2) is 0 Å². The summed E-state index contributed by atoms with van der Waals surface area (Å²) in [5.41, 5.74) is 2.42. The maximum absolute atomic E-state index is 5.47. The Morgan fingerprint density at radius 1 is 0.731 bits per heavy atom. The standard InChI is InChI=1S/C22H30N2O2/c1-25-21-13-7-3-9-17(21)15-23-19-11-5-6-12-20(19)24-16-18-10-4-8-14-22(18)26-2/h3-4,7-10,13-14,19-20,23-24H,5-6,11-12,15-16H2,1-2H3/t19-,20-/m0/s1. The third-order valence-electron chi connectivity index (χ3n) is 5.26. The van der Waals surface area contributed by atoms with E-state index in [-0.39, 0.29) is 0 Å². The lowest BCUT2D eigenvalue weighted by Crippen LogP contribution is -2.49. The van der Waals surface area contributed by atoms with Crippen molar-refractivity contribution in [1.82, 2.24) is 10.6 Å². The summed E-state index contributed by atoms with van der Waals surface area (Å²) in [6, 6.07) is 17.4. The van der Waals surface area contributed by atoms with Crippen LogP contribution in [0.5, 0.6) is 11.5 Å². The normalized spacial score (nSPS) is 19.9. The zero-order valence-electron chi connectivity index (χ0n) is 15.8. The molecule has 0 radical (unpaired) electrons. The molecule has 1 aliphatic rings. The van der Waals surface area contributed by atoms with Crippen LogP contribution in [0.2, 0.25) is 0 Å². The maximum atomic E-state index is 5.47. The van der Waals surface area contributed by atoms with E-state index in [9.17, 15) is 0 Å². The Morgan fingerprint density at radius 2 is 1.15 bits per heavy atom. The van der Waals surface area contributed by atoms with Crippen molar-refractivity contribution in [1.29, 1.82) is 0 Å². The molecule has 2 aromatic rings. The molecule has 1 aliphatic carbocycles. The predicted octanol–water partition coefficient (Wildman–Crippen LogP) is 3.89. The molecule has 0 aromatic heterocycles. The number of rotatable bonds is 8. The molecule has 0 bridgehead atoms. The molecule has 3 rings (SSSR count). The number of nitrogens with one attached hydrogen (secondary N) is 2. The highest BCUT2D eigenvalue weighted by Crippen LogP contribution is 2.23. The van der Waals surface area contributed by atoms with E-state index in [1.54, 1.807) is 14.2 Å². The topological polar surface area (TPSA) is 42.5 Å². The van der Waals surface area contributed by atoms with Crippen molar-refractivity contribution in [3.63, 3.8) is 0 Å². The lowest BCUT2D eigenvalue weighted by Gasteiger charge is -2.33. The first-order valence-electron chi connectivity index (χ1n) is 9.52. The SMILES string of the molecule is COc1ccccc1CN[C@H]1CCCC[C@@H]1NCc1ccccc1OC. The predicted molar refractivity (Wildman–Crippen MR) is 106 cm³/mol. The van der Waals surface area contributed by atoms with E-state index in [4.69, 9.17) is 9.47 Å². The van der Waals surface area contributed by atoms with Gasteiger partial charge in [0.05, 0.1) is 14.2 Å². The summed E-state index contributed by atoms with van der Waals surface area (Å²) >= 11 is 0. The third kappa shape index (κ3) is 4.77. The molecular formula is C22H30N2O2. The van der Waals surface area contributed by atoms with Gasteiger partial charge in [0, 0.05) is 36.3 Å². The van der Waals surface area contributed by atoms with Crippen LogP contribution < -0.4 is 20.1 Å². The lowest BCUT2D eigenvalue weighted by atomic mass is 9.90. The van der Waals surface area contributed by atoms with Gasteiger partial charge in [-0.2, -0.15) is 0 Å². The van der Waals surface area contributed by atoms with Crippen molar-refractivity contribution in [2.75, 3.05) is 14.2 Å². The maximum Gasteiger partial charge on any atom is 0.123 e. The van der Waals surface area contributed by atoms with E-state index in [1.165, 1.54) is 36.8 Å². The largest absolute Gasteiger partial charge is 0.496 e. The number of benzene rings is 2. The Morgan fingerprint density at radius 3 is 1.58 bits per heavy atom. The Balaban J connectivity index is 1.59. The molecule has 4 nitrogen and oxygen atoms in total. The summed E-state index contributed by atoms with van der Waals surface area (Å²) in [6.07, 6.45) is 4.99. The van der Waals surface area contributed by atoms with Crippen molar-refractivity contribution in [3.05, 3.63) is 59.7 Å². The van der Waals surface area contributed by atoms with Gasteiger partial charge in [-0.1, -0.05) is 49.2 Å². The van der Waals surface area contributed by atoms with Gasteiger partial charge in [0.1, 0.15) is 11.5 Å². The van der Waals surface area contributed by atoms with Crippen molar-refractivity contribution in [2.45, 2.75) is 50.9 Å². The first kappa shape index (κ1) is 18.7. The van der Waals surface area contributed by atoms with Gasteiger partial charge in [0.15, 0.2) is 0 Å². The van der Waals surface area contributed by atoms with Crippen LogP contribution in [0.3, 0.4) is 0 Å². The van der Waals surface area contributed by atoms with Crippen LogP contribution in [0, 0.1) is 0 Å². The van der Waals surface area contributed by atoms with Crippen molar-refractivity contribution >= 4 is 0 Å². The molecule has 0 unspecified atom stereocenters. The van der Waals surface area contributed by atoms with Crippen LogP contribution in [0.4, 0.5) is 0 Å². The van der Waals surface area contributed by atoms with Gasteiger partial charge >= 0.3 is 0 Å². The molecule has 1 fully saturated rings. The van der Waals surface area contributed by atoms with Crippen molar-refractivity contribution < 1.29 is 9.47 Å². The van der Waals surface area contributed by atoms with Crippen molar-refractivity contribution in [2.24, 2.45) is 0 Å². The minimum atomic E-state index is 0.475. The van der Waals surface area contributed by atoms with Gasteiger partial charge < -0.3 is 20.1 Å². The number of hydrogen-bond donors (Lipinski definition) is 2. The number of para-hydroxylation sites is 2. The van der Waals surface area contributed by atoms with E-state index in [2.05, 4.69) is 34.9 Å². The van der Waals surface area contributed by atoms with Crippen LogP contribution in [0.1, 0.15) is 36.8 Å². The van der Waals surface area contributed by atoms with Gasteiger partial charge in [0.2, 0.25) is 0 Å². The summed E-state index contributed by atoms with van der Waals surface area (Å²) in [5.74, 6) is 1.91. The van der Waals surface area contributed by atoms with Crippen molar-refractivity contribution in [3.8, 4) is 11.5 Å². The molecule has 1 saturated carbocycles. The highest BCUT2D eigenvalue weighted by atomic mass is 16.5. The highest BCUT2D eigenvalue weighted by Gasteiger charge is 2.24. The van der Waals surface area contributed by atoms with E-state index in [0.717, 1.165) is 24.6 Å². The molecule has 2 aromatic carbocycles. The Bertz CT molecular complexity index is 630. The van der Waals surface area contributed by atoms with Crippen LogP contribution in [-0.4, -0.2) is 26.3 Å². The molecule has 0 saturated heterocycles. The van der Waals surface area contributed by atoms with Crippen LogP contribution in [0.15, 0.2) is 48.5 Å². The Hall–Kier alpha value is -2.04. The number of ether oxygens (including phenoxy) is 2. The molecule has 0 aliphatic heterocycles. The van der Waals surface area contributed by atoms with Crippen LogP contribution in [0.25, 0.3) is 0 Å². The second-order valence-electron chi connectivity index (χ2n) is 6.88. The smallest absolute Gasteiger partial charge is 0.123 e. The third-order valence-corrected chi connectivity index (χ3v) is 5.26. The molecule has 2 atom stereocenters. The molecule has 0 amide bonds. The summed E-state index contributed by atoms with van der Waals surface area (Å²) in [4.78, 5) is 0. The minimum absolute atomic E-state index is 0.475. The summed E-state index contributed by atoms with van der Waals surface area (Å²) in [7, 11) is 3.47. The summed E-state index contributed by atoms with van der Waals surface area (Å²) < 4.78 is 10.9. The zero-order chi connectivity index (χ0) is 18.2. The summed E-state index contributed by atoms with van der Waals surface area (Å²) in [5, 5.41) is 7.51. The second-order valence-corrected chi connectivity index (χ2v) is 6.88. The molecule has 4 heteroatoms. The van der Waals surface area contributed by atoms with Crippen LogP contribution >= 0.6 is 0 Å². The van der Waals surface area contributed by atoms with E-state index in [0.29, 0.717) is 12.1 Å². The second kappa shape index (κ2) is 9.60. The Kier molecular flexibility index (Phi) is 6.92. The van der Waals surface area contributed by atoms with Gasteiger partial charge in [-0.05, 0) is 25.0 Å². The average molecular weight is 354 g/mol. The highest BCUT2D eigenvalue weighted by molar-refractivity contribution is 5.34. The number of hydrogen-bond acceptors (Lipinski definition) is 4. The van der Waals surface area contributed by atoms with E-state index < -0.39 is 0 Å². The quantitative estimate of drug-likeness (QED) is 0.755. The average Bonchev–Trinajstić information content (AvgIpc) is 2.71. The van der Waals surface area contributed by atoms with Crippen LogP contribution in [-0.2, 0) is 13.1 Å². The number of methoxy groups -OCH3 is 2. The first-order chi connectivity index (χ1) is 12.8. The molecule has 26 heavy (non-hydrogen) atoms. The zero-order valence-corrected chi connectivity index (χ0v) is 15.8. The first-order valence-corrected chi connectivity index (χ1v) is 9.52. The molecule has 2 N–H and O–H groups in total. The monoisotopic (exact) mass is 354 g/mol. The molecule has 140 valence electrons. The van der Waals surface area contributed by atoms with Gasteiger partial charge in [-0.3, -0.25) is 0 Å². The summed E-state index contributed by atoms with van der Waals surface area (Å²) in [6.45, 7) is 1.67. The fourth-order valence-electron chi connectivity index (χ4n) is 3.80. The molecule has 0 heterocycles. The lowest BCUT2D eigenvalue weighted by molar-refractivity contribution is 0.278. The minimum Gasteiger partial charge on any atom is -0.496 e. The fraction of sp³-hybridized carbons (Fsp3) is 0.455. The fourth-order valence-corrected chi connectivity index (χ4v) is 3.80. The van der Waals surface area contributed by atoms with Gasteiger partial charge in [-0.15, -0.1) is 0 Å². The molecular weight excluding hydrogens is 324 g/mol. The van der Waals surface area contributed by atoms with E-state index >= 15 is 0 Å².